The summed E-state index contributed by atoms with van der Waals surface area (Å²) in [6, 6.07) is 6.51. The second-order valence-corrected chi connectivity index (χ2v) is 5.41. The molecule has 3 aromatic heterocycles. The summed E-state index contributed by atoms with van der Waals surface area (Å²) in [5, 5.41) is 4.00. The first-order valence-electron chi connectivity index (χ1n) is 7.14. The highest BCUT2D eigenvalue weighted by Crippen LogP contribution is 2.26. The number of H-pyrrole nitrogens is 2. The average Bonchev–Trinajstić information content (AvgIpc) is 3.12. The maximum atomic E-state index is 14.0. The number of halogens is 1. The van der Waals surface area contributed by atoms with Gasteiger partial charge in [-0.05, 0) is 30.7 Å². The second-order valence-electron chi connectivity index (χ2n) is 5.41. The van der Waals surface area contributed by atoms with Gasteiger partial charge >= 0.3 is 0 Å². The number of aromatic nitrogens is 3. The Morgan fingerprint density at radius 3 is 3.00 bits per heavy atom. The zero-order valence-corrected chi connectivity index (χ0v) is 12.3. The Hall–Kier alpha value is -3.15. The minimum atomic E-state index is -0.380. The van der Waals surface area contributed by atoms with Crippen LogP contribution >= 0.6 is 0 Å². The molecule has 0 saturated carbocycles. The highest BCUT2D eigenvalue weighted by atomic mass is 19.1. The number of aromatic amines is 2. The van der Waals surface area contributed by atoms with E-state index in [0.29, 0.717) is 22.2 Å². The van der Waals surface area contributed by atoms with Crippen LogP contribution in [0, 0.1) is 12.7 Å². The van der Waals surface area contributed by atoms with Gasteiger partial charge in [0.1, 0.15) is 11.5 Å². The molecule has 0 aliphatic heterocycles. The lowest BCUT2D eigenvalue weighted by atomic mass is 10.1. The molecule has 23 heavy (non-hydrogen) atoms. The van der Waals surface area contributed by atoms with Crippen LogP contribution < -0.4 is 5.32 Å². The lowest BCUT2D eigenvalue weighted by Gasteiger charge is -2.04. The monoisotopic (exact) mass is 308 g/mol. The fraction of sp³-hybridized carbons (Fsp3) is 0.0588. The fourth-order valence-corrected chi connectivity index (χ4v) is 2.69. The number of nitrogens with zero attached hydrogens (tertiary/aromatic N) is 1. The Labute approximate surface area is 130 Å². The highest BCUT2D eigenvalue weighted by Gasteiger charge is 2.14. The van der Waals surface area contributed by atoms with Crippen LogP contribution in [0.25, 0.3) is 21.9 Å². The molecule has 0 atom stereocenters. The van der Waals surface area contributed by atoms with Crippen molar-refractivity contribution in [1.82, 2.24) is 15.0 Å². The van der Waals surface area contributed by atoms with Gasteiger partial charge in [0.25, 0.3) is 5.91 Å². The largest absolute Gasteiger partial charge is 0.359 e. The molecule has 4 rings (SSSR count). The predicted molar refractivity (Wildman–Crippen MR) is 87.0 cm³/mol. The van der Waals surface area contributed by atoms with Crippen molar-refractivity contribution in [2.45, 2.75) is 6.92 Å². The first-order valence-corrected chi connectivity index (χ1v) is 7.14. The molecule has 1 aromatic carbocycles. The van der Waals surface area contributed by atoms with Crippen molar-refractivity contribution in [2.75, 3.05) is 5.32 Å². The van der Waals surface area contributed by atoms with Crippen LogP contribution in [-0.2, 0) is 0 Å². The van der Waals surface area contributed by atoms with E-state index in [1.165, 1.54) is 12.3 Å². The van der Waals surface area contributed by atoms with Gasteiger partial charge in [-0.2, -0.15) is 0 Å². The number of aryl methyl sites for hydroxylation is 1. The number of rotatable bonds is 2. The summed E-state index contributed by atoms with van der Waals surface area (Å²) in [6.07, 6.45) is 4.92. The van der Waals surface area contributed by atoms with Crippen LogP contribution in [0.15, 0.2) is 42.9 Å². The van der Waals surface area contributed by atoms with Gasteiger partial charge in [0.05, 0.1) is 22.2 Å². The van der Waals surface area contributed by atoms with Crippen molar-refractivity contribution in [3.05, 3.63) is 59.8 Å². The van der Waals surface area contributed by atoms with E-state index < -0.39 is 0 Å². The summed E-state index contributed by atoms with van der Waals surface area (Å²) in [5.41, 5.74) is 3.22. The van der Waals surface area contributed by atoms with E-state index >= 15 is 0 Å². The molecule has 0 saturated heterocycles. The quantitative estimate of drug-likeness (QED) is 0.527. The summed E-state index contributed by atoms with van der Waals surface area (Å²) in [4.78, 5) is 22.7. The smallest absolute Gasteiger partial charge is 0.257 e. The van der Waals surface area contributed by atoms with Crippen LogP contribution in [0.2, 0.25) is 0 Å². The first kappa shape index (κ1) is 13.5. The topological polar surface area (TPSA) is 73.6 Å². The molecule has 0 radical (unpaired) electrons. The van der Waals surface area contributed by atoms with Crippen molar-refractivity contribution in [1.29, 1.82) is 0 Å². The molecular formula is C17H13FN4O. The third-order valence-electron chi connectivity index (χ3n) is 3.90. The van der Waals surface area contributed by atoms with Gasteiger partial charge in [-0.3, -0.25) is 4.79 Å². The zero-order chi connectivity index (χ0) is 16.0. The Morgan fingerprint density at radius 2 is 2.13 bits per heavy atom. The fourth-order valence-electron chi connectivity index (χ4n) is 2.69. The molecule has 0 spiro atoms. The van der Waals surface area contributed by atoms with Crippen molar-refractivity contribution in [3.63, 3.8) is 0 Å². The highest BCUT2D eigenvalue weighted by molar-refractivity contribution is 6.10. The van der Waals surface area contributed by atoms with E-state index in [4.69, 9.17) is 0 Å². The van der Waals surface area contributed by atoms with Crippen LogP contribution in [0.5, 0.6) is 0 Å². The van der Waals surface area contributed by atoms with Crippen molar-refractivity contribution >= 4 is 33.5 Å². The minimum absolute atomic E-state index is 0.329. The molecule has 0 aliphatic rings. The van der Waals surface area contributed by atoms with Gasteiger partial charge in [0.2, 0.25) is 0 Å². The molecule has 5 nitrogen and oxygen atoms in total. The maximum absolute atomic E-state index is 14.0. The summed E-state index contributed by atoms with van der Waals surface area (Å²) >= 11 is 0. The molecule has 114 valence electrons. The van der Waals surface area contributed by atoms with Gasteiger partial charge in [-0.1, -0.05) is 6.07 Å². The summed E-state index contributed by atoms with van der Waals surface area (Å²) < 4.78 is 14.0. The molecule has 0 bridgehead atoms. The maximum Gasteiger partial charge on any atom is 0.257 e. The number of pyridine rings is 1. The summed E-state index contributed by atoms with van der Waals surface area (Å²) in [7, 11) is 0. The lowest BCUT2D eigenvalue weighted by Crippen LogP contribution is -2.12. The minimum Gasteiger partial charge on any atom is -0.359 e. The van der Waals surface area contributed by atoms with E-state index in [-0.39, 0.29) is 11.7 Å². The average molecular weight is 308 g/mol. The standard InChI is InChI=1S/C17H13FN4O/c1-9-6-20-16-11(9)5-10(7-21-16)17(23)22-14-8-19-13-4-2-3-12(18)15(13)14/h2-8,19H,1H3,(H,20,21)(H,22,23). The molecule has 0 fully saturated rings. The van der Waals surface area contributed by atoms with Gasteiger partial charge < -0.3 is 15.3 Å². The Bertz CT molecular complexity index is 1050. The zero-order valence-electron chi connectivity index (χ0n) is 12.3. The molecular weight excluding hydrogens is 295 g/mol. The summed E-state index contributed by atoms with van der Waals surface area (Å²) in [5.74, 6) is -0.710. The SMILES string of the molecule is Cc1c[nH]c2ncc(C(=O)Nc3c[nH]c4cccc(F)c34)cc12. The van der Waals surface area contributed by atoms with Crippen LogP contribution in [0.1, 0.15) is 15.9 Å². The molecule has 6 heteroatoms. The van der Waals surface area contributed by atoms with Crippen LogP contribution in [-0.4, -0.2) is 20.9 Å². The number of anilines is 1. The predicted octanol–water partition coefficient (Wildman–Crippen LogP) is 3.74. The third-order valence-corrected chi connectivity index (χ3v) is 3.90. The number of nitrogens with one attached hydrogen (secondary N) is 3. The van der Waals surface area contributed by atoms with Crippen LogP contribution in [0.4, 0.5) is 10.1 Å². The van der Waals surface area contributed by atoms with Crippen molar-refractivity contribution in [3.8, 4) is 0 Å². The molecule has 4 aromatic rings. The third kappa shape index (κ3) is 2.15. The van der Waals surface area contributed by atoms with Gasteiger partial charge in [0.15, 0.2) is 0 Å². The number of amides is 1. The lowest BCUT2D eigenvalue weighted by molar-refractivity contribution is 0.102. The number of fused-ring (bicyclic) bond motifs is 2. The first-order chi connectivity index (χ1) is 11.1. The van der Waals surface area contributed by atoms with E-state index in [1.807, 2.05) is 13.1 Å². The molecule has 0 aliphatic carbocycles. The molecule has 1 amide bonds. The van der Waals surface area contributed by atoms with E-state index in [1.54, 1.807) is 24.4 Å². The Kier molecular flexibility index (Phi) is 2.90. The van der Waals surface area contributed by atoms with Gasteiger partial charge in [0, 0.05) is 24.0 Å². The van der Waals surface area contributed by atoms with Crippen molar-refractivity contribution < 1.29 is 9.18 Å². The molecule has 3 heterocycles. The van der Waals surface area contributed by atoms with Crippen molar-refractivity contribution in [2.24, 2.45) is 0 Å². The number of hydrogen-bond acceptors (Lipinski definition) is 2. The number of benzene rings is 1. The van der Waals surface area contributed by atoms with Gasteiger partial charge in [-0.15, -0.1) is 0 Å². The van der Waals surface area contributed by atoms with E-state index in [2.05, 4.69) is 20.3 Å². The number of carbonyl (C=O) groups is 1. The van der Waals surface area contributed by atoms with E-state index in [9.17, 15) is 9.18 Å². The molecule has 0 unspecified atom stereocenters. The second kappa shape index (κ2) is 4.95. The van der Waals surface area contributed by atoms with Gasteiger partial charge in [-0.25, -0.2) is 9.37 Å². The number of hydrogen-bond donors (Lipinski definition) is 3. The number of carbonyl (C=O) groups excluding carboxylic acids is 1. The summed E-state index contributed by atoms with van der Waals surface area (Å²) in [6.45, 7) is 1.94. The Balaban J connectivity index is 1.72. The normalized spacial score (nSPS) is 11.2. The molecule has 3 N–H and O–H groups in total. The Morgan fingerprint density at radius 1 is 1.26 bits per heavy atom. The van der Waals surface area contributed by atoms with Crippen LogP contribution in [0.3, 0.4) is 0 Å². The van der Waals surface area contributed by atoms with E-state index in [0.717, 1.165) is 16.6 Å².